The van der Waals surface area contributed by atoms with Gasteiger partial charge in [0, 0.05) is 25.2 Å². The highest BCUT2D eigenvalue weighted by Crippen LogP contribution is 2.27. The van der Waals surface area contributed by atoms with Crippen molar-refractivity contribution in [1.29, 1.82) is 0 Å². The molecule has 0 spiro atoms. The standard InChI is InChI=1S/C23H32N6O/c1-26-12-9-20(10-13-26)29-11-4-7-21(29)16-28-17-22(24-25-28)23(30)27-14-8-18-5-2-3-6-19(18)15-27/h2-3,5-6,17,20-21H,4,7-16H2,1H3/t21-/m0/s1. The van der Waals surface area contributed by atoms with E-state index in [2.05, 4.69) is 45.4 Å². The minimum Gasteiger partial charge on any atom is -0.333 e. The van der Waals surface area contributed by atoms with Crippen LogP contribution in [0.15, 0.2) is 30.5 Å². The van der Waals surface area contributed by atoms with Crippen molar-refractivity contribution in [1.82, 2.24) is 29.7 Å². The summed E-state index contributed by atoms with van der Waals surface area (Å²) >= 11 is 0. The molecule has 3 aliphatic rings. The number of carbonyl (C=O) groups is 1. The molecule has 1 amide bonds. The minimum atomic E-state index is -0.00523. The zero-order chi connectivity index (χ0) is 20.5. The molecule has 0 radical (unpaired) electrons. The number of carbonyl (C=O) groups excluding carboxylic acids is 1. The number of hydrogen-bond donors (Lipinski definition) is 0. The van der Waals surface area contributed by atoms with Crippen LogP contribution in [0.3, 0.4) is 0 Å². The number of benzene rings is 1. The largest absolute Gasteiger partial charge is 0.333 e. The highest BCUT2D eigenvalue weighted by Gasteiger charge is 2.33. The Bertz CT molecular complexity index is 887. The summed E-state index contributed by atoms with van der Waals surface area (Å²) < 4.78 is 1.89. The number of nitrogens with zero attached hydrogens (tertiary/aromatic N) is 6. The van der Waals surface area contributed by atoms with E-state index in [1.807, 2.05) is 21.8 Å². The van der Waals surface area contributed by atoms with Crippen LogP contribution in [0.2, 0.25) is 0 Å². The molecule has 7 heteroatoms. The highest BCUT2D eigenvalue weighted by atomic mass is 16.2. The Labute approximate surface area is 178 Å². The van der Waals surface area contributed by atoms with Crippen molar-refractivity contribution in [2.75, 3.05) is 33.2 Å². The van der Waals surface area contributed by atoms with Gasteiger partial charge in [0.1, 0.15) is 0 Å². The molecule has 4 heterocycles. The number of aromatic nitrogens is 3. The summed E-state index contributed by atoms with van der Waals surface area (Å²) in [6.07, 6.45) is 7.73. The van der Waals surface area contributed by atoms with Gasteiger partial charge in [0.05, 0.1) is 12.7 Å². The van der Waals surface area contributed by atoms with Crippen molar-refractivity contribution < 1.29 is 4.79 Å². The third kappa shape index (κ3) is 4.01. The molecule has 0 bridgehead atoms. The van der Waals surface area contributed by atoms with Crippen molar-refractivity contribution in [3.8, 4) is 0 Å². The lowest BCUT2D eigenvalue weighted by molar-refractivity contribution is 0.0728. The van der Waals surface area contributed by atoms with Crippen LogP contribution in [0, 0.1) is 0 Å². The normalized spacial score (nSPS) is 23.6. The van der Waals surface area contributed by atoms with E-state index in [9.17, 15) is 4.79 Å². The smallest absolute Gasteiger partial charge is 0.276 e. The third-order valence-corrected chi connectivity index (χ3v) is 7.15. The average molecular weight is 409 g/mol. The van der Waals surface area contributed by atoms with Gasteiger partial charge in [-0.3, -0.25) is 14.4 Å². The Kier molecular flexibility index (Phi) is 5.56. The number of piperidine rings is 1. The molecule has 1 atom stereocenters. The van der Waals surface area contributed by atoms with E-state index < -0.39 is 0 Å². The second kappa shape index (κ2) is 8.47. The van der Waals surface area contributed by atoms with Gasteiger partial charge in [-0.2, -0.15) is 0 Å². The van der Waals surface area contributed by atoms with E-state index in [0.717, 1.165) is 19.5 Å². The Morgan fingerprint density at radius 2 is 1.87 bits per heavy atom. The Morgan fingerprint density at radius 1 is 1.07 bits per heavy atom. The lowest BCUT2D eigenvalue weighted by Gasteiger charge is -2.38. The van der Waals surface area contributed by atoms with Gasteiger partial charge in [-0.05, 0) is 69.9 Å². The van der Waals surface area contributed by atoms with Crippen molar-refractivity contribution >= 4 is 5.91 Å². The molecule has 7 nitrogen and oxygen atoms in total. The Balaban J connectivity index is 1.22. The zero-order valence-electron chi connectivity index (χ0n) is 17.9. The maximum Gasteiger partial charge on any atom is 0.276 e. The van der Waals surface area contributed by atoms with Crippen LogP contribution in [-0.4, -0.2) is 80.9 Å². The molecular weight excluding hydrogens is 376 g/mol. The molecule has 1 aromatic carbocycles. The van der Waals surface area contributed by atoms with Crippen LogP contribution < -0.4 is 0 Å². The quantitative estimate of drug-likeness (QED) is 0.775. The molecule has 2 saturated heterocycles. The second-order valence-electron chi connectivity index (χ2n) is 9.14. The maximum absolute atomic E-state index is 13.0. The van der Waals surface area contributed by atoms with Gasteiger partial charge in [-0.15, -0.1) is 5.10 Å². The average Bonchev–Trinajstić information content (AvgIpc) is 3.43. The molecule has 30 heavy (non-hydrogen) atoms. The van der Waals surface area contributed by atoms with Gasteiger partial charge in [0.25, 0.3) is 5.91 Å². The van der Waals surface area contributed by atoms with Gasteiger partial charge < -0.3 is 9.80 Å². The van der Waals surface area contributed by atoms with Gasteiger partial charge in [-0.1, -0.05) is 29.5 Å². The summed E-state index contributed by atoms with van der Waals surface area (Å²) in [5.74, 6) is -0.00523. The van der Waals surface area contributed by atoms with Crippen molar-refractivity contribution in [2.24, 2.45) is 0 Å². The van der Waals surface area contributed by atoms with Gasteiger partial charge >= 0.3 is 0 Å². The van der Waals surface area contributed by atoms with Gasteiger partial charge in [-0.25, -0.2) is 0 Å². The first kappa shape index (κ1) is 19.7. The van der Waals surface area contributed by atoms with E-state index in [0.29, 0.717) is 24.3 Å². The SMILES string of the molecule is CN1CCC(N2CCC[C@H]2Cn2cc(C(=O)N3CCc4ccccc4C3)nn2)CC1. The number of likely N-dealkylation sites (tertiary alicyclic amines) is 2. The molecule has 0 unspecified atom stereocenters. The molecule has 1 aromatic heterocycles. The van der Waals surface area contributed by atoms with E-state index in [1.54, 1.807) is 0 Å². The molecule has 0 N–H and O–H groups in total. The predicted octanol–water partition coefficient (Wildman–Crippen LogP) is 2.04. The molecule has 2 aromatic rings. The fourth-order valence-corrected chi connectivity index (χ4v) is 5.39. The van der Waals surface area contributed by atoms with E-state index >= 15 is 0 Å². The minimum absolute atomic E-state index is 0.00523. The molecule has 2 fully saturated rings. The van der Waals surface area contributed by atoms with Crippen molar-refractivity contribution in [2.45, 2.75) is 57.3 Å². The molecule has 3 aliphatic heterocycles. The summed E-state index contributed by atoms with van der Waals surface area (Å²) in [5, 5.41) is 8.55. The zero-order valence-corrected chi connectivity index (χ0v) is 17.9. The summed E-state index contributed by atoms with van der Waals surface area (Å²) in [7, 11) is 2.21. The molecule has 160 valence electrons. The Morgan fingerprint density at radius 3 is 2.70 bits per heavy atom. The van der Waals surface area contributed by atoms with Gasteiger partial charge in [0.15, 0.2) is 5.69 Å². The fourth-order valence-electron chi connectivity index (χ4n) is 5.39. The van der Waals surface area contributed by atoms with Crippen LogP contribution in [-0.2, 0) is 19.5 Å². The van der Waals surface area contributed by atoms with Crippen molar-refractivity contribution in [3.05, 3.63) is 47.3 Å². The number of hydrogen-bond acceptors (Lipinski definition) is 5. The van der Waals surface area contributed by atoms with E-state index in [1.165, 1.54) is 56.4 Å². The Hall–Kier alpha value is -2.25. The van der Waals surface area contributed by atoms with Crippen LogP contribution >= 0.6 is 0 Å². The van der Waals surface area contributed by atoms with E-state index in [-0.39, 0.29) is 5.91 Å². The number of amides is 1. The summed E-state index contributed by atoms with van der Waals surface area (Å²) in [5.41, 5.74) is 3.06. The first-order chi connectivity index (χ1) is 14.7. The van der Waals surface area contributed by atoms with Crippen LogP contribution in [0.25, 0.3) is 0 Å². The lowest BCUT2D eigenvalue weighted by Crippen LogP contribution is -2.46. The van der Waals surface area contributed by atoms with Crippen molar-refractivity contribution in [3.63, 3.8) is 0 Å². The summed E-state index contributed by atoms with van der Waals surface area (Å²) in [6, 6.07) is 9.58. The van der Waals surface area contributed by atoms with Crippen LogP contribution in [0.1, 0.15) is 47.3 Å². The fraction of sp³-hybridized carbons (Fsp3) is 0.609. The molecule has 0 aliphatic carbocycles. The van der Waals surface area contributed by atoms with Crippen LogP contribution in [0.5, 0.6) is 0 Å². The monoisotopic (exact) mass is 408 g/mol. The first-order valence-electron chi connectivity index (χ1n) is 11.4. The number of fused-ring (bicyclic) bond motifs is 1. The number of rotatable bonds is 4. The lowest BCUT2D eigenvalue weighted by atomic mass is 10.00. The molecular formula is C23H32N6O. The predicted molar refractivity (Wildman–Crippen MR) is 115 cm³/mol. The van der Waals surface area contributed by atoms with Gasteiger partial charge in [0.2, 0.25) is 0 Å². The summed E-state index contributed by atoms with van der Waals surface area (Å²) in [6.45, 7) is 5.80. The highest BCUT2D eigenvalue weighted by molar-refractivity contribution is 5.92. The summed E-state index contributed by atoms with van der Waals surface area (Å²) in [4.78, 5) is 20.0. The molecule has 0 saturated carbocycles. The van der Waals surface area contributed by atoms with E-state index in [4.69, 9.17) is 0 Å². The molecule has 5 rings (SSSR count). The maximum atomic E-state index is 13.0. The third-order valence-electron chi connectivity index (χ3n) is 7.15. The first-order valence-corrected chi connectivity index (χ1v) is 11.4. The second-order valence-corrected chi connectivity index (χ2v) is 9.14. The topological polar surface area (TPSA) is 57.5 Å². The van der Waals surface area contributed by atoms with Crippen LogP contribution in [0.4, 0.5) is 0 Å².